The lowest BCUT2D eigenvalue weighted by Crippen LogP contribution is -2.04. The van der Waals surface area contributed by atoms with Gasteiger partial charge in [-0.15, -0.1) is 0 Å². The number of fused-ring (bicyclic) bond motifs is 1. The Morgan fingerprint density at radius 1 is 1.24 bits per heavy atom. The molecule has 2 nitrogen and oxygen atoms in total. The molecular formula is C13H14Cl2N2. The van der Waals surface area contributed by atoms with Crippen molar-refractivity contribution in [2.24, 2.45) is 0 Å². The molecule has 0 fully saturated rings. The molecular weight excluding hydrogens is 255 g/mol. The van der Waals surface area contributed by atoms with Crippen LogP contribution in [0.15, 0.2) is 18.2 Å². The van der Waals surface area contributed by atoms with Gasteiger partial charge in [0.2, 0.25) is 0 Å². The lowest BCUT2D eigenvalue weighted by Gasteiger charge is -2.10. The van der Waals surface area contributed by atoms with Crippen LogP contribution in [0.5, 0.6) is 0 Å². The van der Waals surface area contributed by atoms with Gasteiger partial charge in [-0.25, -0.2) is 4.98 Å². The molecule has 0 aliphatic rings. The molecule has 2 aromatic rings. The van der Waals surface area contributed by atoms with E-state index in [9.17, 15) is 0 Å². The quantitative estimate of drug-likeness (QED) is 0.875. The summed E-state index contributed by atoms with van der Waals surface area (Å²) < 4.78 is 0. The van der Waals surface area contributed by atoms with Crippen LogP contribution in [-0.4, -0.2) is 11.5 Å². The summed E-state index contributed by atoms with van der Waals surface area (Å²) in [6.45, 7) is 5.06. The summed E-state index contributed by atoms with van der Waals surface area (Å²) in [5.74, 6) is 0.892. The van der Waals surface area contributed by atoms with Crippen molar-refractivity contribution < 1.29 is 0 Å². The van der Waals surface area contributed by atoms with E-state index in [2.05, 4.69) is 23.3 Å². The lowest BCUT2D eigenvalue weighted by atomic mass is 10.1. The van der Waals surface area contributed by atoms with Crippen LogP contribution < -0.4 is 5.32 Å². The highest BCUT2D eigenvalue weighted by Crippen LogP contribution is 2.29. The van der Waals surface area contributed by atoms with E-state index in [1.165, 1.54) is 0 Å². The summed E-state index contributed by atoms with van der Waals surface area (Å²) in [6.07, 6.45) is 1.06. The predicted molar refractivity (Wildman–Crippen MR) is 75.3 cm³/mol. The largest absolute Gasteiger partial charge is 0.370 e. The van der Waals surface area contributed by atoms with Crippen molar-refractivity contribution in [1.29, 1.82) is 0 Å². The van der Waals surface area contributed by atoms with Gasteiger partial charge in [-0.3, -0.25) is 0 Å². The molecule has 0 amide bonds. The van der Waals surface area contributed by atoms with E-state index in [1.807, 2.05) is 13.0 Å². The van der Waals surface area contributed by atoms with Gasteiger partial charge in [0.1, 0.15) is 5.82 Å². The summed E-state index contributed by atoms with van der Waals surface area (Å²) in [7, 11) is 0. The van der Waals surface area contributed by atoms with Crippen LogP contribution in [0.4, 0.5) is 5.82 Å². The second-order valence-corrected chi connectivity index (χ2v) is 4.88. The van der Waals surface area contributed by atoms with Crippen LogP contribution in [0.3, 0.4) is 0 Å². The van der Waals surface area contributed by atoms with Crippen LogP contribution in [0.1, 0.15) is 18.9 Å². The second-order valence-electron chi connectivity index (χ2n) is 4.04. The smallest absolute Gasteiger partial charge is 0.129 e. The molecule has 0 unspecified atom stereocenters. The minimum Gasteiger partial charge on any atom is -0.370 e. The fourth-order valence-electron chi connectivity index (χ4n) is 1.74. The van der Waals surface area contributed by atoms with Crippen molar-refractivity contribution in [2.75, 3.05) is 11.9 Å². The Balaban J connectivity index is 2.55. The zero-order valence-electron chi connectivity index (χ0n) is 9.85. The normalized spacial score (nSPS) is 10.8. The Morgan fingerprint density at radius 3 is 2.71 bits per heavy atom. The van der Waals surface area contributed by atoms with E-state index in [1.54, 1.807) is 6.07 Å². The molecule has 4 heteroatoms. The monoisotopic (exact) mass is 268 g/mol. The van der Waals surface area contributed by atoms with Crippen LogP contribution >= 0.6 is 23.2 Å². The number of hydrogen-bond acceptors (Lipinski definition) is 2. The fraction of sp³-hybridized carbons (Fsp3) is 0.308. The van der Waals surface area contributed by atoms with Crippen molar-refractivity contribution in [3.8, 4) is 0 Å². The van der Waals surface area contributed by atoms with E-state index in [0.717, 1.165) is 35.2 Å². The van der Waals surface area contributed by atoms with Gasteiger partial charge in [-0.1, -0.05) is 30.1 Å². The molecule has 17 heavy (non-hydrogen) atoms. The van der Waals surface area contributed by atoms with Crippen molar-refractivity contribution >= 4 is 39.9 Å². The maximum Gasteiger partial charge on any atom is 0.129 e. The zero-order valence-corrected chi connectivity index (χ0v) is 11.4. The highest BCUT2D eigenvalue weighted by Gasteiger charge is 2.07. The molecule has 0 saturated heterocycles. The van der Waals surface area contributed by atoms with Crippen molar-refractivity contribution in [3.63, 3.8) is 0 Å². The van der Waals surface area contributed by atoms with Crippen molar-refractivity contribution in [3.05, 3.63) is 33.8 Å². The van der Waals surface area contributed by atoms with Gasteiger partial charge < -0.3 is 5.32 Å². The zero-order chi connectivity index (χ0) is 12.4. The van der Waals surface area contributed by atoms with Gasteiger partial charge in [-0.2, -0.15) is 0 Å². The third kappa shape index (κ3) is 2.64. The molecule has 1 aromatic heterocycles. The Hall–Kier alpha value is -0.990. The molecule has 0 bridgehead atoms. The molecule has 0 atom stereocenters. The number of nitrogens with one attached hydrogen (secondary N) is 1. The topological polar surface area (TPSA) is 24.9 Å². The van der Waals surface area contributed by atoms with Crippen molar-refractivity contribution in [1.82, 2.24) is 4.98 Å². The lowest BCUT2D eigenvalue weighted by molar-refractivity contribution is 0.968. The van der Waals surface area contributed by atoms with Crippen LogP contribution in [0.25, 0.3) is 10.9 Å². The molecule has 2 rings (SSSR count). The number of rotatable bonds is 3. The van der Waals surface area contributed by atoms with Gasteiger partial charge in [0.25, 0.3) is 0 Å². The second kappa shape index (κ2) is 5.11. The van der Waals surface area contributed by atoms with Crippen LogP contribution in [0, 0.1) is 6.92 Å². The van der Waals surface area contributed by atoms with E-state index in [-0.39, 0.29) is 0 Å². The number of halogens is 2. The molecule has 1 aromatic carbocycles. The number of aryl methyl sites for hydroxylation is 1. The number of nitrogens with zero attached hydrogens (tertiary/aromatic N) is 1. The third-order valence-corrected chi connectivity index (χ3v) is 3.08. The average molecular weight is 269 g/mol. The SMILES string of the molecule is CCCNc1nc2c(Cl)cc(Cl)cc2cc1C. The Morgan fingerprint density at radius 2 is 2.00 bits per heavy atom. The Kier molecular flexibility index (Phi) is 3.75. The highest BCUT2D eigenvalue weighted by atomic mass is 35.5. The summed E-state index contributed by atoms with van der Waals surface area (Å²) >= 11 is 12.1. The van der Waals surface area contributed by atoms with Gasteiger partial charge in [0.05, 0.1) is 10.5 Å². The van der Waals surface area contributed by atoms with Gasteiger partial charge >= 0.3 is 0 Å². The first-order chi connectivity index (χ1) is 8.11. The fourth-order valence-corrected chi connectivity index (χ4v) is 2.29. The number of hydrogen-bond donors (Lipinski definition) is 1. The minimum atomic E-state index is 0.590. The standard InChI is InChI=1S/C13H14Cl2N2/c1-3-4-16-13-8(2)5-9-6-10(14)7-11(15)12(9)17-13/h5-7H,3-4H2,1-2H3,(H,16,17). The molecule has 0 spiro atoms. The summed E-state index contributed by atoms with van der Waals surface area (Å²) in [5.41, 5.74) is 1.89. The van der Waals surface area contributed by atoms with E-state index >= 15 is 0 Å². The maximum atomic E-state index is 6.15. The number of pyridine rings is 1. The van der Waals surface area contributed by atoms with E-state index < -0.39 is 0 Å². The molecule has 0 radical (unpaired) electrons. The molecule has 1 heterocycles. The molecule has 0 aliphatic heterocycles. The third-order valence-electron chi connectivity index (χ3n) is 2.57. The average Bonchev–Trinajstić information content (AvgIpc) is 2.26. The highest BCUT2D eigenvalue weighted by molar-refractivity contribution is 6.38. The first-order valence-electron chi connectivity index (χ1n) is 5.62. The summed E-state index contributed by atoms with van der Waals surface area (Å²) in [6, 6.07) is 5.65. The number of benzene rings is 1. The summed E-state index contributed by atoms with van der Waals surface area (Å²) in [4.78, 5) is 4.55. The van der Waals surface area contributed by atoms with E-state index in [0.29, 0.717) is 10.0 Å². The molecule has 0 saturated carbocycles. The van der Waals surface area contributed by atoms with Crippen LogP contribution in [-0.2, 0) is 0 Å². The minimum absolute atomic E-state index is 0.590. The number of aromatic nitrogens is 1. The van der Waals surface area contributed by atoms with E-state index in [4.69, 9.17) is 23.2 Å². The molecule has 1 N–H and O–H groups in total. The number of anilines is 1. The van der Waals surface area contributed by atoms with Crippen molar-refractivity contribution in [2.45, 2.75) is 20.3 Å². The first-order valence-corrected chi connectivity index (χ1v) is 6.37. The predicted octanol–water partition coefficient (Wildman–Crippen LogP) is 4.67. The van der Waals surface area contributed by atoms with Gasteiger partial charge in [-0.05, 0) is 37.1 Å². The summed E-state index contributed by atoms with van der Waals surface area (Å²) in [5, 5.41) is 5.49. The molecule has 90 valence electrons. The van der Waals surface area contributed by atoms with Gasteiger partial charge in [0, 0.05) is 17.0 Å². The van der Waals surface area contributed by atoms with Gasteiger partial charge in [0.15, 0.2) is 0 Å². The Labute approximate surface area is 111 Å². The molecule has 0 aliphatic carbocycles. The maximum absolute atomic E-state index is 6.15. The Bertz CT molecular complexity index is 553. The van der Waals surface area contributed by atoms with Crippen LogP contribution in [0.2, 0.25) is 10.0 Å². The first kappa shape index (κ1) is 12.5.